The van der Waals surface area contributed by atoms with E-state index in [0.717, 1.165) is 39.7 Å². The van der Waals surface area contributed by atoms with Crippen molar-refractivity contribution >= 4 is 44.6 Å². The van der Waals surface area contributed by atoms with E-state index >= 15 is 0 Å². The van der Waals surface area contributed by atoms with Gasteiger partial charge in [-0.3, -0.25) is 4.57 Å². The largest absolute Gasteiger partial charge is 0.457 e. The monoisotopic (exact) mass is 746 g/mol. The molecular formula is C52H50N4O. The second kappa shape index (κ2) is 13.7. The molecule has 0 atom stereocenters. The number of benzene rings is 6. The van der Waals surface area contributed by atoms with Gasteiger partial charge in [0, 0.05) is 40.5 Å². The van der Waals surface area contributed by atoms with E-state index in [-0.39, 0.29) is 10.8 Å². The first kappa shape index (κ1) is 36.3. The van der Waals surface area contributed by atoms with Crippen molar-refractivity contribution in [1.29, 1.82) is 0 Å². The van der Waals surface area contributed by atoms with Gasteiger partial charge in [-0.15, -0.1) is 0 Å². The zero-order valence-corrected chi connectivity index (χ0v) is 34.3. The number of rotatable bonds is 6. The maximum absolute atomic E-state index is 6.74. The Morgan fingerprint density at radius 1 is 0.509 bits per heavy atom. The van der Waals surface area contributed by atoms with Crippen LogP contribution in [0, 0.1) is 13.8 Å². The van der Waals surface area contributed by atoms with Crippen LogP contribution in [-0.2, 0) is 10.8 Å². The minimum absolute atomic E-state index is 0.00152. The quantitative estimate of drug-likeness (QED) is 0.170. The van der Waals surface area contributed by atoms with Crippen LogP contribution in [0.25, 0.3) is 38.8 Å². The van der Waals surface area contributed by atoms with Crippen LogP contribution >= 0.6 is 0 Å². The van der Waals surface area contributed by atoms with Crippen LogP contribution in [0.3, 0.4) is 0 Å². The highest BCUT2D eigenvalue weighted by Gasteiger charge is 2.30. The van der Waals surface area contributed by atoms with Crippen molar-refractivity contribution in [1.82, 2.24) is 9.55 Å². The summed E-state index contributed by atoms with van der Waals surface area (Å²) in [5.41, 5.74) is 14.4. The summed E-state index contributed by atoms with van der Waals surface area (Å²) in [5.74, 6) is 2.46. The standard InChI is InChI=1S/C52H50N4O/c1-34-25-35(2)27-37(26-34)36-13-11-14-40(28-36)54-33-55(49-29-38(51(3,4)5)19-22-47(49)54)41-15-12-16-42(31-41)57-43-20-21-45-44-17-9-10-18-46(44)56(48(45)32-43)50-30-39(23-24-53-50)52(6,7)8/h9-32H,33H2,1-8H3. The lowest BCUT2D eigenvalue weighted by Crippen LogP contribution is -2.24. The van der Waals surface area contributed by atoms with Crippen molar-refractivity contribution in [3.63, 3.8) is 0 Å². The van der Waals surface area contributed by atoms with Crippen molar-refractivity contribution in [2.75, 3.05) is 16.5 Å². The lowest BCUT2D eigenvalue weighted by molar-refractivity contribution is 0.483. The molecule has 0 amide bonds. The summed E-state index contributed by atoms with van der Waals surface area (Å²) >= 11 is 0. The van der Waals surface area contributed by atoms with E-state index in [0.29, 0.717) is 6.67 Å². The lowest BCUT2D eigenvalue weighted by atomic mass is 9.86. The number of pyridine rings is 1. The summed E-state index contributed by atoms with van der Waals surface area (Å²) in [6.45, 7) is 18.6. The molecule has 0 bridgehead atoms. The van der Waals surface area contributed by atoms with Crippen molar-refractivity contribution in [3.05, 3.63) is 168 Å². The third-order valence-electron chi connectivity index (χ3n) is 11.3. The molecule has 3 heterocycles. The fraction of sp³-hybridized carbons (Fsp3) is 0.212. The average molecular weight is 747 g/mol. The summed E-state index contributed by atoms with van der Waals surface area (Å²) in [7, 11) is 0. The Labute approximate surface area is 336 Å². The lowest BCUT2D eigenvalue weighted by Gasteiger charge is -2.23. The van der Waals surface area contributed by atoms with Gasteiger partial charge >= 0.3 is 0 Å². The third-order valence-corrected chi connectivity index (χ3v) is 11.3. The minimum Gasteiger partial charge on any atom is -0.457 e. The van der Waals surface area contributed by atoms with Crippen molar-refractivity contribution in [3.8, 4) is 28.4 Å². The van der Waals surface area contributed by atoms with Crippen molar-refractivity contribution in [2.24, 2.45) is 0 Å². The highest BCUT2D eigenvalue weighted by Crippen LogP contribution is 2.47. The Hall–Kier alpha value is -6.33. The van der Waals surface area contributed by atoms with E-state index < -0.39 is 0 Å². The molecule has 57 heavy (non-hydrogen) atoms. The summed E-state index contributed by atoms with van der Waals surface area (Å²) in [4.78, 5) is 9.71. The number of para-hydroxylation sites is 1. The number of anilines is 4. The Balaban J connectivity index is 1.09. The van der Waals surface area contributed by atoms with Gasteiger partial charge in [-0.25, -0.2) is 4.98 Å². The van der Waals surface area contributed by atoms with Gasteiger partial charge in [-0.2, -0.15) is 0 Å². The number of hydrogen-bond donors (Lipinski definition) is 0. The molecular weight excluding hydrogens is 697 g/mol. The van der Waals surface area contributed by atoms with E-state index in [1.165, 1.54) is 55.5 Å². The fourth-order valence-electron chi connectivity index (χ4n) is 8.28. The van der Waals surface area contributed by atoms with Crippen LogP contribution < -0.4 is 14.5 Å². The van der Waals surface area contributed by atoms with Gasteiger partial charge < -0.3 is 14.5 Å². The van der Waals surface area contributed by atoms with E-state index in [4.69, 9.17) is 9.72 Å². The van der Waals surface area contributed by atoms with Crippen molar-refractivity contribution in [2.45, 2.75) is 66.2 Å². The Bertz CT molecular complexity index is 2800. The Morgan fingerprint density at radius 3 is 1.95 bits per heavy atom. The van der Waals surface area contributed by atoms with Gasteiger partial charge in [0.15, 0.2) is 0 Å². The number of aromatic nitrogens is 2. The molecule has 6 aromatic carbocycles. The highest BCUT2D eigenvalue weighted by atomic mass is 16.5. The number of hydrogen-bond acceptors (Lipinski definition) is 4. The van der Waals surface area contributed by atoms with E-state index in [1.54, 1.807) is 0 Å². The highest BCUT2D eigenvalue weighted by molar-refractivity contribution is 6.09. The number of fused-ring (bicyclic) bond motifs is 4. The van der Waals surface area contributed by atoms with E-state index in [2.05, 4.69) is 203 Å². The molecule has 0 unspecified atom stereocenters. The Kier molecular flexibility index (Phi) is 8.73. The molecule has 0 saturated heterocycles. The maximum Gasteiger partial charge on any atom is 0.137 e. The van der Waals surface area contributed by atoms with Crippen molar-refractivity contribution < 1.29 is 4.74 Å². The number of aryl methyl sites for hydroxylation is 2. The summed E-state index contributed by atoms with van der Waals surface area (Å²) in [6, 6.07) is 50.4. The molecule has 1 aliphatic heterocycles. The van der Waals surface area contributed by atoms with Crippen LogP contribution in [-0.4, -0.2) is 16.2 Å². The first-order valence-electron chi connectivity index (χ1n) is 20.0. The molecule has 0 fully saturated rings. The predicted octanol–water partition coefficient (Wildman–Crippen LogP) is 14.1. The summed E-state index contributed by atoms with van der Waals surface area (Å²) in [6.07, 6.45) is 1.92. The van der Waals surface area contributed by atoms with Crippen LogP contribution in [0.5, 0.6) is 11.5 Å². The molecule has 284 valence electrons. The molecule has 5 nitrogen and oxygen atoms in total. The van der Waals surface area contributed by atoms with Crippen LogP contribution in [0.15, 0.2) is 146 Å². The van der Waals surface area contributed by atoms with Gasteiger partial charge in [-0.1, -0.05) is 113 Å². The van der Waals surface area contributed by atoms with Crippen LogP contribution in [0.4, 0.5) is 22.7 Å². The second-order valence-electron chi connectivity index (χ2n) is 17.7. The summed E-state index contributed by atoms with van der Waals surface area (Å²) in [5, 5.41) is 2.36. The molecule has 0 aliphatic carbocycles. The molecule has 5 heteroatoms. The van der Waals surface area contributed by atoms with Gasteiger partial charge in [0.1, 0.15) is 24.0 Å². The van der Waals surface area contributed by atoms with E-state index in [1.807, 2.05) is 12.3 Å². The topological polar surface area (TPSA) is 33.5 Å². The zero-order chi connectivity index (χ0) is 39.6. The normalized spacial score (nSPS) is 13.1. The average Bonchev–Trinajstić information content (AvgIpc) is 3.73. The van der Waals surface area contributed by atoms with Crippen LogP contribution in [0.1, 0.15) is 63.8 Å². The van der Waals surface area contributed by atoms with Gasteiger partial charge in [0.05, 0.1) is 22.4 Å². The van der Waals surface area contributed by atoms with Gasteiger partial charge in [0.2, 0.25) is 0 Å². The third kappa shape index (κ3) is 6.82. The number of ether oxygens (including phenoxy) is 1. The second-order valence-corrected chi connectivity index (χ2v) is 17.7. The first-order chi connectivity index (χ1) is 27.3. The fourth-order valence-corrected chi connectivity index (χ4v) is 8.28. The molecule has 8 aromatic rings. The molecule has 0 saturated carbocycles. The molecule has 1 aliphatic rings. The SMILES string of the molecule is Cc1cc(C)cc(-c2cccc(N3CN(c4cccc(Oc5ccc6c7ccccc7n(-c7cc(C(C)(C)C)ccn7)c6c5)c4)c4cc(C(C)(C)C)ccc43)c2)c1. The zero-order valence-electron chi connectivity index (χ0n) is 34.3. The smallest absolute Gasteiger partial charge is 0.137 e. The summed E-state index contributed by atoms with van der Waals surface area (Å²) < 4.78 is 9.00. The van der Waals surface area contributed by atoms with Gasteiger partial charge in [0.25, 0.3) is 0 Å². The molecule has 0 N–H and O–H groups in total. The van der Waals surface area contributed by atoms with Crippen LogP contribution in [0.2, 0.25) is 0 Å². The molecule has 0 radical (unpaired) electrons. The number of nitrogens with zero attached hydrogens (tertiary/aromatic N) is 4. The first-order valence-corrected chi connectivity index (χ1v) is 20.0. The maximum atomic E-state index is 6.74. The predicted molar refractivity (Wildman–Crippen MR) is 239 cm³/mol. The molecule has 2 aromatic heterocycles. The molecule has 9 rings (SSSR count). The van der Waals surface area contributed by atoms with E-state index in [9.17, 15) is 0 Å². The minimum atomic E-state index is 0.00152. The Morgan fingerprint density at radius 2 is 1.18 bits per heavy atom. The molecule has 0 spiro atoms. The van der Waals surface area contributed by atoms with Gasteiger partial charge in [-0.05, 0) is 114 Å².